The molecule has 1 unspecified atom stereocenters. The Kier molecular flexibility index (Phi) is 4.02. The lowest BCUT2D eigenvalue weighted by atomic mass is 10.1. The molecule has 0 saturated carbocycles. The molecule has 17 heavy (non-hydrogen) atoms. The molecule has 1 aliphatic rings. The van der Waals surface area contributed by atoms with Crippen LogP contribution in [0.3, 0.4) is 0 Å². The van der Waals surface area contributed by atoms with Crippen LogP contribution in [0.15, 0.2) is 22.7 Å². The summed E-state index contributed by atoms with van der Waals surface area (Å²) < 4.78 is 6.30. The highest BCUT2D eigenvalue weighted by Gasteiger charge is 2.17. The number of amides is 1. The molecule has 5 heteroatoms. The Morgan fingerprint density at radius 3 is 3.06 bits per heavy atom. The molecule has 1 fully saturated rings. The van der Waals surface area contributed by atoms with Crippen molar-refractivity contribution in [3.63, 3.8) is 0 Å². The fourth-order valence-corrected chi connectivity index (χ4v) is 2.23. The minimum atomic E-state index is -0.148. The van der Waals surface area contributed by atoms with Gasteiger partial charge in [0.15, 0.2) is 0 Å². The third kappa shape index (κ3) is 3.20. The molecule has 1 aromatic carbocycles. The minimum absolute atomic E-state index is 0.148. The van der Waals surface area contributed by atoms with Crippen molar-refractivity contribution in [1.29, 1.82) is 0 Å². The maximum absolute atomic E-state index is 11.9. The summed E-state index contributed by atoms with van der Waals surface area (Å²) in [5, 5.41) is 2.84. The van der Waals surface area contributed by atoms with Gasteiger partial charge in [-0.3, -0.25) is 4.79 Å². The normalized spacial score (nSPS) is 19.2. The van der Waals surface area contributed by atoms with Crippen molar-refractivity contribution in [3.8, 4) is 0 Å². The summed E-state index contributed by atoms with van der Waals surface area (Å²) in [5.74, 6) is -0.148. The maximum atomic E-state index is 11.9. The second-order valence-electron chi connectivity index (χ2n) is 4.08. The molecule has 1 amide bonds. The first-order valence-electron chi connectivity index (χ1n) is 5.61. The van der Waals surface area contributed by atoms with E-state index in [9.17, 15) is 4.79 Å². The van der Waals surface area contributed by atoms with Crippen LogP contribution in [0.25, 0.3) is 0 Å². The second kappa shape index (κ2) is 5.51. The lowest BCUT2D eigenvalue weighted by Gasteiger charge is -2.11. The van der Waals surface area contributed by atoms with Crippen LogP contribution in [0, 0.1) is 0 Å². The van der Waals surface area contributed by atoms with Crippen molar-refractivity contribution in [3.05, 3.63) is 28.2 Å². The van der Waals surface area contributed by atoms with Crippen molar-refractivity contribution >= 4 is 27.5 Å². The van der Waals surface area contributed by atoms with Crippen LogP contribution >= 0.6 is 15.9 Å². The molecule has 92 valence electrons. The van der Waals surface area contributed by atoms with Gasteiger partial charge in [-0.15, -0.1) is 0 Å². The number of halogens is 1. The van der Waals surface area contributed by atoms with Crippen LogP contribution in [-0.4, -0.2) is 25.2 Å². The molecule has 0 spiro atoms. The van der Waals surface area contributed by atoms with Crippen LogP contribution in [0.5, 0.6) is 0 Å². The lowest BCUT2D eigenvalue weighted by Crippen LogP contribution is -2.32. The van der Waals surface area contributed by atoms with Gasteiger partial charge in [-0.2, -0.15) is 0 Å². The summed E-state index contributed by atoms with van der Waals surface area (Å²) in [7, 11) is 0. The molecule has 1 aliphatic heterocycles. The predicted molar refractivity (Wildman–Crippen MR) is 69.9 cm³/mol. The number of ether oxygens (including phenoxy) is 1. The van der Waals surface area contributed by atoms with Gasteiger partial charge in [-0.1, -0.05) is 15.9 Å². The van der Waals surface area contributed by atoms with Gasteiger partial charge in [0.25, 0.3) is 5.91 Å². The first-order chi connectivity index (χ1) is 8.16. The van der Waals surface area contributed by atoms with Crippen LogP contribution in [0.1, 0.15) is 23.2 Å². The Hall–Kier alpha value is -1.07. The number of rotatable bonds is 3. The summed E-state index contributed by atoms with van der Waals surface area (Å²) in [6, 6.07) is 5.24. The van der Waals surface area contributed by atoms with E-state index in [-0.39, 0.29) is 12.0 Å². The Labute approximate surface area is 109 Å². The van der Waals surface area contributed by atoms with Crippen molar-refractivity contribution < 1.29 is 9.53 Å². The second-order valence-corrected chi connectivity index (χ2v) is 4.99. The van der Waals surface area contributed by atoms with E-state index in [1.54, 1.807) is 18.2 Å². The number of nitrogens with two attached hydrogens (primary N) is 1. The van der Waals surface area contributed by atoms with E-state index < -0.39 is 0 Å². The molecule has 1 aromatic rings. The molecule has 0 bridgehead atoms. The SMILES string of the molecule is Nc1cc(Br)ccc1C(=O)NCC1CCCO1. The predicted octanol–water partition coefficient (Wildman–Crippen LogP) is 1.94. The number of anilines is 1. The van der Waals surface area contributed by atoms with Gasteiger partial charge in [-0.25, -0.2) is 0 Å². The molecule has 4 nitrogen and oxygen atoms in total. The highest BCUT2D eigenvalue weighted by molar-refractivity contribution is 9.10. The zero-order valence-corrected chi connectivity index (χ0v) is 11.0. The summed E-state index contributed by atoms with van der Waals surface area (Å²) in [4.78, 5) is 11.9. The zero-order chi connectivity index (χ0) is 12.3. The quantitative estimate of drug-likeness (QED) is 0.838. The number of carbonyl (C=O) groups is 1. The van der Waals surface area contributed by atoms with E-state index >= 15 is 0 Å². The standard InChI is InChI=1S/C12H15BrN2O2/c13-8-3-4-10(11(14)6-8)12(16)15-7-9-2-1-5-17-9/h3-4,6,9H,1-2,5,7,14H2,(H,15,16). The summed E-state index contributed by atoms with van der Waals surface area (Å²) in [6.45, 7) is 1.34. The van der Waals surface area contributed by atoms with E-state index in [0.29, 0.717) is 17.8 Å². The average molecular weight is 299 g/mol. The molecular formula is C12H15BrN2O2. The Morgan fingerprint density at radius 2 is 2.41 bits per heavy atom. The summed E-state index contributed by atoms with van der Waals surface area (Å²) >= 11 is 3.31. The Morgan fingerprint density at radius 1 is 1.59 bits per heavy atom. The zero-order valence-electron chi connectivity index (χ0n) is 9.41. The fraction of sp³-hybridized carbons (Fsp3) is 0.417. The number of benzene rings is 1. The van der Waals surface area contributed by atoms with Crippen LogP contribution in [-0.2, 0) is 4.74 Å². The fourth-order valence-electron chi connectivity index (χ4n) is 1.85. The highest BCUT2D eigenvalue weighted by Crippen LogP contribution is 2.18. The van der Waals surface area contributed by atoms with Crippen LogP contribution in [0.2, 0.25) is 0 Å². The van der Waals surface area contributed by atoms with Gasteiger partial charge < -0.3 is 15.8 Å². The molecule has 2 rings (SSSR count). The summed E-state index contributed by atoms with van der Waals surface area (Å²) in [6.07, 6.45) is 2.23. The van der Waals surface area contributed by atoms with Crippen LogP contribution < -0.4 is 11.1 Å². The number of carbonyl (C=O) groups excluding carboxylic acids is 1. The first kappa shape index (κ1) is 12.4. The third-order valence-electron chi connectivity index (χ3n) is 2.77. The van der Waals surface area contributed by atoms with Gasteiger partial charge in [-0.05, 0) is 31.0 Å². The van der Waals surface area contributed by atoms with Crippen molar-refractivity contribution in [2.24, 2.45) is 0 Å². The lowest BCUT2D eigenvalue weighted by molar-refractivity contribution is 0.0858. The monoisotopic (exact) mass is 298 g/mol. The van der Waals surface area contributed by atoms with Crippen molar-refractivity contribution in [1.82, 2.24) is 5.32 Å². The van der Waals surface area contributed by atoms with E-state index in [0.717, 1.165) is 23.9 Å². The van der Waals surface area contributed by atoms with Crippen molar-refractivity contribution in [2.45, 2.75) is 18.9 Å². The van der Waals surface area contributed by atoms with E-state index in [4.69, 9.17) is 10.5 Å². The van der Waals surface area contributed by atoms with E-state index in [2.05, 4.69) is 21.2 Å². The molecule has 1 saturated heterocycles. The van der Waals surface area contributed by atoms with Gasteiger partial charge in [0.05, 0.1) is 11.7 Å². The molecule has 3 N–H and O–H groups in total. The molecular weight excluding hydrogens is 284 g/mol. The molecule has 1 atom stereocenters. The number of nitrogen functional groups attached to an aromatic ring is 1. The van der Waals surface area contributed by atoms with Gasteiger partial charge in [0, 0.05) is 23.3 Å². The Balaban J connectivity index is 1.94. The van der Waals surface area contributed by atoms with Crippen LogP contribution in [0.4, 0.5) is 5.69 Å². The van der Waals surface area contributed by atoms with Crippen molar-refractivity contribution in [2.75, 3.05) is 18.9 Å². The molecule has 1 heterocycles. The average Bonchev–Trinajstić information content (AvgIpc) is 2.78. The molecule has 0 aromatic heterocycles. The maximum Gasteiger partial charge on any atom is 0.253 e. The molecule has 0 aliphatic carbocycles. The minimum Gasteiger partial charge on any atom is -0.398 e. The Bertz CT molecular complexity index is 417. The largest absolute Gasteiger partial charge is 0.398 e. The topological polar surface area (TPSA) is 64.4 Å². The highest BCUT2D eigenvalue weighted by atomic mass is 79.9. The van der Waals surface area contributed by atoms with E-state index in [1.165, 1.54) is 0 Å². The smallest absolute Gasteiger partial charge is 0.253 e. The molecule has 0 radical (unpaired) electrons. The number of hydrogen-bond donors (Lipinski definition) is 2. The van der Waals surface area contributed by atoms with Gasteiger partial charge in [0.1, 0.15) is 0 Å². The van der Waals surface area contributed by atoms with Gasteiger partial charge >= 0.3 is 0 Å². The summed E-state index contributed by atoms with van der Waals surface area (Å²) in [5.41, 5.74) is 6.77. The van der Waals surface area contributed by atoms with E-state index in [1.807, 2.05) is 0 Å². The third-order valence-corrected chi connectivity index (χ3v) is 3.27. The number of hydrogen-bond acceptors (Lipinski definition) is 3. The number of nitrogens with one attached hydrogen (secondary N) is 1. The first-order valence-corrected chi connectivity index (χ1v) is 6.41. The van der Waals surface area contributed by atoms with Gasteiger partial charge in [0.2, 0.25) is 0 Å².